The van der Waals surface area contributed by atoms with Crippen molar-refractivity contribution >= 4 is 5.91 Å². The van der Waals surface area contributed by atoms with Crippen molar-refractivity contribution in [3.05, 3.63) is 28.7 Å². The average Bonchev–Trinajstić information content (AvgIpc) is 3.30. The molecule has 0 spiro atoms. The van der Waals surface area contributed by atoms with E-state index in [4.69, 9.17) is 4.52 Å². The summed E-state index contributed by atoms with van der Waals surface area (Å²) in [5.74, 6) is 1.07. The second-order valence-electron chi connectivity index (χ2n) is 7.24. The number of rotatable bonds is 4. The van der Waals surface area contributed by atoms with E-state index in [0.29, 0.717) is 6.54 Å². The van der Waals surface area contributed by atoms with Crippen molar-refractivity contribution in [3.63, 3.8) is 0 Å². The average molecular weight is 331 g/mol. The Morgan fingerprint density at radius 2 is 2.33 bits per heavy atom. The molecule has 2 aliphatic carbocycles. The minimum atomic E-state index is -0.223. The first kappa shape index (κ1) is 15.8. The third-order valence-corrected chi connectivity index (χ3v) is 5.41. The van der Waals surface area contributed by atoms with Gasteiger partial charge in [0.1, 0.15) is 11.5 Å². The third kappa shape index (κ3) is 3.26. The van der Waals surface area contributed by atoms with Crippen LogP contribution in [0.2, 0.25) is 0 Å². The summed E-state index contributed by atoms with van der Waals surface area (Å²) < 4.78 is 5.51. The van der Waals surface area contributed by atoms with Gasteiger partial charge in [0.25, 0.3) is 0 Å². The zero-order valence-corrected chi connectivity index (χ0v) is 14.0. The highest BCUT2D eigenvalue weighted by Gasteiger charge is 2.29. The molecular weight excluding hydrogens is 306 g/mol. The van der Waals surface area contributed by atoms with Gasteiger partial charge in [-0.15, -0.1) is 0 Å². The molecule has 1 aromatic heterocycles. The number of aromatic nitrogens is 1. The zero-order valence-electron chi connectivity index (χ0n) is 14.0. The topological polar surface area (TPSA) is 78.6 Å². The number of fused-ring (bicyclic) bond motifs is 1. The van der Waals surface area contributed by atoms with Crippen LogP contribution in [-0.4, -0.2) is 46.3 Å². The van der Waals surface area contributed by atoms with Crippen molar-refractivity contribution in [1.29, 1.82) is 0 Å². The van der Waals surface area contributed by atoms with Crippen molar-refractivity contribution < 1.29 is 14.4 Å². The lowest BCUT2D eigenvalue weighted by molar-refractivity contribution is -0.118. The van der Waals surface area contributed by atoms with Gasteiger partial charge in [0, 0.05) is 43.2 Å². The summed E-state index contributed by atoms with van der Waals surface area (Å²) in [5.41, 5.74) is 3.07. The molecule has 4 rings (SSSR count). The van der Waals surface area contributed by atoms with Crippen LogP contribution >= 0.6 is 0 Å². The number of carbonyl (C=O) groups excluding carboxylic acids is 1. The molecule has 1 aliphatic heterocycles. The van der Waals surface area contributed by atoms with E-state index in [1.165, 1.54) is 0 Å². The van der Waals surface area contributed by atoms with Crippen LogP contribution in [0.5, 0.6) is 0 Å². The lowest BCUT2D eigenvalue weighted by Gasteiger charge is -2.23. The molecule has 2 N–H and O–H groups in total. The quantitative estimate of drug-likeness (QED) is 0.870. The fraction of sp³-hybridized carbons (Fsp3) is 0.667. The number of likely N-dealkylation sites (tertiary alicyclic amines) is 1. The van der Waals surface area contributed by atoms with Gasteiger partial charge < -0.3 is 14.9 Å². The summed E-state index contributed by atoms with van der Waals surface area (Å²) in [6.07, 6.45) is 8.21. The molecule has 24 heavy (non-hydrogen) atoms. The molecule has 6 nitrogen and oxygen atoms in total. The van der Waals surface area contributed by atoms with Gasteiger partial charge in [0.05, 0.1) is 6.10 Å². The van der Waals surface area contributed by atoms with E-state index in [2.05, 4.69) is 21.4 Å². The minimum absolute atomic E-state index is 0.0987. The van der Waals surface area contributed by atoms with E-state index in [1.54, 1.807) is 0 Å². The molecule has 130 valence electrons. The first-order valence-electron chi connectivity index (χ1n) is 9.05. The van der Waals surface area contributed by atoms with Crippen LogP contribution in [0.4, 0.5) is 0 Å². The number of hydrogen-bond donors (Lipinski definition) is 2. The number of hydrogen-bond acceptors (Lipinski definition) is 5. The number of aliphatic hydroxyl groups is 1. The minimum Gasteiger partial charge on any atom is -0.392 e. The SMILES string of the molecule is O=C(NC1CCc2onc(CN3CC[C@@H](O)C3)c2C1)C1=CCCC1. The molecule has 0 saturated carbocycles. The number of nitrogens with zero attached hydrogens (tertiary/aromatic N) is 2. The Hall–Kier alpha value is -1.66. The Labute approximate surface area is 141 Å². The normalized spacial score (nSPS) is 27.1. The summed E-state index contributed by atoms with van der Waals surface area (Å²) >= 11 is 0. The maximum atomic E-state index is 12.3. The molecule has 3 aliphatic rings. The maximum absolute atomic E-state index is 12.3. The van der Waals surface area contributed by atoms with Crippen LogP contribution in [0.3, 0.4) is 0 Å². The Morgan fingerprint density at radius 3 is 3.08 bits per heavy atom. The fourth-order valence-corrected chi connectivity index (χ4v) is 4.03. The standard InChI is InChI=1S/C18H25N3O3/c22-14-7-8-21(10-14)11-16-15-9-13(5-6-17(15)24-20-16)19-18(23)12-3-1-2-4-12/h3,13-14,22H,1-2,4-11H2,(H,19,23)/t13?,14-/m1/s1. The predicted molar refractivity (Wildman–Crippen MR) is 88.3 cm³/mol. The molecule has 0 bridgehead atoms. The summed E-state index contributed by atoms with van der Waals surface area (Å²) in [5, 5.41) is 17.1. The smallest absolute Gasteiger partial charge is 0.247 e. The van der Waals surface area contributed by atoms with E-state index in [1.807, 2.05) is 0 Å². The van der Waals surface area contributed by atoms with Crippen LogP contribution in [0.25, 0.3) is 0 Å². The second kappa shape index (κ2) is 6.69. The molecule has 1 fully saturated rings. The Kier molecular flexibility index (Phi) is 4.41. The third-order valence-electron chi connectivity index (χ3n) is 5.41. The highest BCUT2D eigenvalue weighted by atomic mass is 16.5. The van der Waals surface area contributed by atoms with Gasteiger partial charge in [0.15, 0.2) is 0 Å². The fourth-order valence-electron chi connectivity index (χ4n) is 4.03. The number of β-amino-alcohol motifs (C(OH)–C–C–N with tert-alkyl or cyclic N) is 1. The lowest BCUT2D eigenvalue weighted by atomic mass is 9.91. The van der Waals surface area contributed by atoms with Crippen molar-refractivity contribution in [2.24, 2.45) is 0 Å². The highest BCUT2D eigenvalue weighted by molar-refractivity contribution is 5.94. The van der Waals surface area contributed by atoms with Gasteiger partial charge in [-0.1, -0.05) is 11.2 Å². The molecule has 0 aromatic carbocycles. The summed E-state index contributed by atoms with van der Waals surface area (Å²) in [6, 6.07) is 0.161. The van der Waals surface area contributed by atoms with E-state index in [-0.39, 0.29) is 18.1 Å². The van der Waals surface area contributed by atoms with Crippen LogP contribution in [0.15, 0.2) is 16.2 Å². The van der Waals surface area contributed by atoms with Gasteiger partial charge in [-0.05, 0) is 38.5 Å². The Balaban J connectivity index is 1.40. The van der Waals surface area contributed by atoms with E-state index in [9.17, 15) is 9.90 Å². The first-order valence-corrected chi connectivity index (χ1v) is 9.05. The molecule has 2 atom stereocenters. The van der Waals surface area contributed by atoms with Gasteiger partial charge in [-0.2, -0.15) is 0 Å². The van der Waals surface area contributed by atoms with Crippen molar-refractivity contribution in [3.8, 4) is 0 Å². The van der Waals surface area contributed by atoms with E-state index < -0.39 is 0 Å². The van der Waals surface area contributed by atoms with Gasteiger partial charge in [-0.3, -0.25) is 9.69 Å². The number of allylic oxidation sites excluding steroid dienone is 1. The van der Waals surface area contributed by atoms with Crippen molar-refractivity contribution in [2.45, 2.75) is 63.6 Å². The Morgan fingerprint density at radius 1 is 1.42 bits per heavy atom. The Bertz CT molecular complexity index is 652. The molecule has 2 heterocycles. The molecule has 0 radical (unpaired) electrons. The number of nitrogens with one attached hydrogen (secondary N) is 1. The summed E-state index contributed by atoms with van der Waals surface area (Å²) in [4.78, 5) is 14.5. The van der Waals surface area contributed by atoms with Crippen molar-refractivity contribution in [1.82, 2.24) is 15.4 Å². The van der Waals surface area contributed by atoms with Gasteiger partial charge in [-0.25, -0.2) is 0 Å². The molecule has 1 amide bonds. The lowest BCUT2D eigenvalue weighted by Crippen LogP contribution is -2.39. The van der Waals surface area contributed by atoms with E-state index >= 15 is 0 Å². The summed E-state index contributed by atoms with van der Waals surface area (Å²) in [7, 11) is 0. The van der Waals surface area contributed by atoms with Gasteiger partial charge in [0.2, 0.25) is 5.91 Å². The van der Waals surface area contributed by atoms with Crippen LogP contribution in [0.1, 0.15) is 49.1 Å². The maximum Gasteiger partial charge on any atom is 0.247 e. The molecular formula is C18H25N3O3. The van der Waals surface area contributed by atoms with Crippen LogP contribution in [0, 0.1) is 0 Å². The zero-order chi connectivity index (χ0) is 16.5. The monoisotopic (exact) mass is 331 g/mol. The van der Waals surface area contributed by atoms with Gasteiger partial charge >= 0.3 is 0 Å². The summed E-state index contributed by atoms with van der Waals surface area (Å²) in [6.45, 7) is 2.33. The first-order chi connectivity index (χ1) is 11.7. The number of aryl methyl sites for hydroxylation is 1. The van der Waals surface area contributed by atoms with E-state index in [0.717, 1.165) is 80.6 Å². The number of amides is 1. The van der Waals surface area contributed by atoms with Crippen molar-refractivity contribution in [2.75, 3.05) is 13.1 Å². The second-order valence-corrected chi connectivity index (χ2v) is 7.24. The highest BCUT2D eigenvalue weighted by Crippen LogP contribution is 2.27. The molecule has 1 unspecified atom stereocenters. The molecule has 1 aromatic rings. The number of aliphatic hydroxyl groups excluding tert-OH is 1. The van der Waals surface area contributed by atoms with Crippen LogP contribution < -0.4 is 5.32 Å². The van der Waals surface area contributed by atoms with Crippen LogP contribution in [-0.2, 0) is 24.2 Å². The molecule has 1 saturated heterocycles. The predicted octanol–water partition coefficient (Wildman–Crippen LogP) is 1.32. The number of carbonyl (C=O) groups is 1. The largest absolute Gasteiger partial charge is 0.392 e. The molecule has 6 heteroatoms.